The van der Waals surface area contributed by atoms with E-state index in [-0.39, 0.29) is 11.1 Å². The van der Waals surface area contributed by atoms with E-state index in [0.29, 0.717) is 16.9 Å². The Labute approximate surface area is 124 Å². The van der Waals surface area contributed by atoms with Gasteiger partial charge in [-0.25, -0.2) is 4.79 Å². The topological polar surface area (TPSA) is 59.3 Å². The molecule has 0 atom stereocenters. The second-order valence-electron chi connectivity index (χ2n) is 4.72. The van der Waals surface area contributed by atoms with Crippen molar-refractivity contribution < 1.29 is 9.90 Å². The maximum absolute atomic E-state index is 12.2. The van der Waals surface area contributed by atoms with E-state index in [9.17, 15) is 14.7 Å². The van der Waals surface area contributed by atoms with Crippen LogP contribution in [0.4, 0.5) is 0 Å². The summed E-state index contributed by atoms with van der Waals surface area (Å²) in [6.45, 7) is 5.22. The lowest BCUT2D eigenvalue weighted by atomic mass is 10.1. The van der Waals surface area contributed by atoms with Gasteiger partial charge >= 0.3 is 5.97 Å². The van der Waals surface area contributed by atoms with E-state index in [1.165, 1.54) is 10.6 Å². The first-order valence-electron chi connectivity index (χ1n) is 6.06. The summed E-state index contributed by atoms with van der Waals surface area (Å²) in [5, 5.41) is 9.30. The summed E-state index contributed by atoms with van der Waals surface area (Å²) in [4.78, 5) is 23.6. The largest absolute Gasteiger partial charge is 0.478 e. The minimum absolute atomic E-state index is 0.164. The highest BCUT2D eigenvalue weighted by Gasteiger charge is 2.17. The number of nitrogens with zero attached hydrogens (tertiary/aromatic N) is 1. The normalized spacial score (nSPS) is 10.6. The summed E-state index contributed by atoms with van der Waals surface area (Å²) >= 11 is 3.43. The number of aromatic nitrogens is 1. The molecular weight excluding hydrogens is 322 g/mol. The molecule has 0 aliphatic carbocycles. The number of hydrogen-bond acceptors (Lipinski definition) is 2. The smallest absolute Gasteiger partial charge is 0.337 e. The lowest BCUT2D eigenvalue weighted by Gasteiger charge is -2.15. The Morgan fingerprint density at radius 2 is 1.85 bits per heavy atom. The van der Waals surface area contributed by atoms with Gasteiger partial charge in [-0.15, -0.1) is 0 Å². The van der Waals surface area contributed by atoms with E-state index in [2.05, 4.69) is 15.9 Å². The van der Waals surface area contributed by atoms with Crippen LogP contribution in [0.5, 0.6) is 0 Å². The zero-order valence-electron chi connectivity index (χ0n) is 11.4. The first-order chi connectivity index (χ1) is 9.32. The lowest BCUT2D eigenvalue weighted by molar-refractivity contribution is 0.0694. The number of carboxylic acid groups (broad SMARTS) is 1. The molecule has 0 saturated carbocycles. The van der Waals surface area contributed by atoms with Crippen LogP contribution in [0.3, 0.4) is 0 Å². The van der Waals surface area contributed by atoms with Gasteiger partial charge in [0.25, 0.3) is 5.56 Å². The van der Waals surface area contributed by atoms with Crippen LogP contribution in [-0.4, -0.2) is 15.6 Å². The van der Waals surface area contributed by atoms with Crippen LogP contribution in [0.15, 0.2) is 33.5 Å². The number of aromatic carboxylic acids is 1. The molecule has 2 rings (SSSR count). The van der Waals surface area contributed by atoms with Crippen molar-refractivity contribution >= 4 is 21.9 Å². The SMILES string of the molecule is Cc1ccc(-n2c(C)c(C(=O)O)c(C)cc2=O)c(Br)c1. The Morgan fingerprint density at radius 3 is 2.40 bits per heavy atom. The van der Waals surface area contributed by atoms with Crippen molar-refractivity contribution in [1.29, 1.82) is 0 Å². The predicted molar refractivity (Wildman–Crippen MR) is 80.9 cm³/mol. The molecule has 1 aromatic carbocycles. The Bertz CT molecular complexity index is 762. The van der Waals surface area contributed by atoms with Crippen LogP contribution in [-0.2, 0) is 0 Å². The summed E-state index contributed by atoms with van der Waals surface area (Å²) in [6.07, 6.45) is 0. The molecule has 0 aliphatic heterocycles. The molecule has 20 heavy (non-hydrogen) atoms. The molecule has 1 heterocycles. The molecule has 2 aromatic rings. The molecule has 0 bridgehead atoms. The van der Waals surface area contributed by atoms with Gasteiger partial charge in [-0.1, -0.05) is 6.07 Å². The number of halogens is 1. The van der Waals surface area contributed by atoms with Gasteiger partial charge in [-0.05, 0) is 60.0 Å². The molecule has 4 nitrogen and oxygen atoms in total. The first kappa shape index (κ1) is 14.5. The molecule has 1 N–H and O–H groups in total. The van der Waals surface area contributed by atoms with Gasteiger partial charge in [0, 0.05) is 16.2 Å². The molecule has 0 aliphatic rings. The molecule has 0 radical (unpaired) electrons. The number of pyridine rings is 1. The van der Waals surface area contributed by atoms with E-state index in [0.717, 1.165) is 10.0 Å². The van der Waals surface area contributed by atoms with Crippen molar-refractivity contribution in [3.8, 4) is 5.69 Å². The van der Waals surface area contributed by atoms with Gasteiger partial charge in [0.15, 0.2) is 0 Å². The molecule has 0 fully saturated rings. The number of carboxylic acids is 1. The molecule has 0 unspecified atom stereocenters. The zero-order valence-corrected chi connectivity index (χ0v) is 13.0. The van der Waals surface area contributed by atoms with Crippen molar-refractivity contribution in [2.24, 2.45) is 0 Å². The maximum Gasteiger partial charge on any atom is 0.337 e. The fraction of sp³-hybridized carbons (Fsp3) is 0.200. The van der Waals surface area contributed by atoms with Crippen LogP contribution in [0.2, 0.25) is 0 Å². The fourth-order valence-corrected chi connectivity index (χ4v) is 2.97. The fourth-order valence-electron chi connectivity index (χ4n) is 2.30. The van der Waals surface area contributed by atoms with Gasteiger partial charge < -0.3 is 5.11 Å². The van der Waals surface area contributed by atoms with Gasteiger partial charge in [0.05, 0.1) is 11.3 Å². The van der Waals surface area contributed by atoms with Crippen molar-refractivity contribution in [1.82, 2.24) is 4.57 Å². The van der Waals surface area contributed by atoms with Crippen LogP contribution < -0.4 is 5.56 Å². The molecule has 0 amide bonds. The third-order valence-corrected chi connectivity index (χ3v) is 3.85. The van der Waals surface area contributed by atoms with E-state index in [4.69, 9.17) is 0 Å². The lowest BCUT2D eigenvalue weighted by Crippen LogP contribution is -2.24. The van der Waals surface area contributed by atoms with E-state index < -0.39 is 5.97 Å². The van der Waals surface area contributed by atoms with Gasteiger partial charge in [0.1, 0.15) is 0 Å². The van der Waals surface area contributed by atoms with Crippen LogP contribution >= 0.6 is 15.9 Å². The number of hydrogen-bond donors (Lipinski definition) is 1. The molecule has 1 aromatic heterocycles. The van der Waals surface area contributed by atoms with Crippen LogP contribution in [0.25, 0.3) is 5.69 Å². The first-order valence-corrected chi connectivity index (χ1v) is 6.85. The van der Waals surface area contributed by atoms with Crippen molar-refractivity contribution in [3.63, 3.8) is 0 Å². The highest BCUT2D eigenvalue weighted by molar-refractivity contribution is 9.10. The number of carbonyl (C=O) groups is 1. The van der Waals surface area contributed by atoms with Gasteiger partial charge in [0.2, 0.25) is 0 Å². The van der Waals surface area contributed by atoms with E-state index in [1.54, 1.807) is 19.9 Å². The zero-order chi connectivity index (χ0) is 15.0. The quantitative estimate of drug-likeness (QED) is 0.916. The molecular formula is C15H14BrNO3. The second-order valence-corrected chi connectivity index (χ2v) is 5.58. The Morgan fingerprint density at radius 1 is 1.20 bits per heavy atom. The van der Waals surface area contributed by atoms with Crippen LogP contribution in [0.1, 0.15) is 27.2 Å². The Hall–Kier alpha value is -1.88. The monoisotopic (exact) mass is 335 g/mol. The summed E-state index contributed by atoms with van der Waals surface area (Å²) < 4.78 is 2.17. The summed E-state index contributed by atoms with van der Waals surface area (Å²) in [5.41, 5.74) is 2.51. The molecule has 5 heteroatoms. The third kappa shape index (κ3) is 2.41. The van der Waals surface area contributed by atoms with Crippen molar-refractivity contribution in [3.05, 3.63) is 61.5 Å². The standard InChI is InChI=1S/C15H14BrNO3/c1-8-4-5-12(11(16)6-8)17-10(3)14(15(19)20)9(2)7-13(17)18/h4-7H,1-3H3,(H,19,20). The van der Waals surface area contributed by atoms with E-state index in [1.807, 2.05) is 19.1 Å². The van der Waals surface area contributed by atoms with Gasteiger partial charge in [-0.2, -0.15) is 0 Å². The van der Waals surface area contributed by atoms with Crippen LogP contribution in [0, 0.1) is 20.8 Å². The van der Waals surface area contributed by atoms with Gasteiger partial charge in [-0.3, -0.25) is 9.36 Å². The number of rotatable bonds is 2. The minimum Gasteiger partial charge on any atom is -0.478 e. The number of benzene rings is 1. The summed E-state index contributed by atoms with van der Waals surface area (Å²) in [7, 11) is 0. The minimum atomic E-state index is -1.03. The molecule has 104 valence electrons. The number of aryl methyl sites for hydroxylation is 2. The predicted octanol–water partition coefficient (Wildman–Crippen LogP) is 3.22. The average molecular weight is 336 g/mol. The third-order valence-electron chi connectivity index (χ3n) is 3.21. The maximum atomic E-state index is 12.2. The molecule has 0 saturated heterocycles. The van der Waals surface area contributed by atoms with E-state index >= 15 is 0 Å². The summed E-state index contributed by atoms with van der Waals surface area (Å²) in [6, 6.07) is 6.92. The van der Waals surface area contributed by atoms with Crippen molar-refractivity contribution in [2.75, 3.05) is 0 Å². The Kier molecular flexibility index (Phi) is 3.81. The molecule has 0 spiro atoms. The average Bonchev–Trinajstić information content (AvgIpc) is 2.30. The summed E-state index contributed by atoms with van der Waals surface area (Å²) in [5.74, 6) is -1.03. The Balaban J connectivity index is 2.84. The van der Waals surface area contributed by atoms with Crippen molar-refractivity contribution in [2.45, 2.75) is 20.8 Å². The highest BCUT2D eigenvalue weighted by atomic mass is 79.9. The second kappa shape index (κ2) is 5.25. The highest BCUT2D eigenvalue weighted by Crippen LogP contribution is 2.24.